The molecule has 1 aliphatic carbocycles. The van der Waals surface area contributed by atoms with Crippen molar-refractivity contribution in [2.75, 3.05) is 13.7 Å². The highest BCUT2D eigenvalue weighted by molar-refractivity contribution is 5.86. The molecule has 2 rings (SSSR count). The lowest BCUT2D eigenvalue weighted by Crippen LogP contribution is -2.53. The summed E-state index contributed by atoms with van der Waals surface area (Å²) in [5.41, 5.74) is 0. The van der Waals surface area contributed by atoms with E-state index >= 15 is 0 Å². The van der Waals surface area contributed by atoms with E-state index in [4.69, 9.17) is 4.74 Å². The minimum absolute atomic E-state index is 0.0866. The molecular weight excluding hydrogens is 268 g/mol. The second kappa shape index (κ2) is 7.14. The standard InChI is InChI=1S/C16H28N2O3/c1-11(2)13-9-6-10-18(13)15(19)14(17-16(20)21-3)12-7-4-5-8-12/h11-14H,4-10H2,1-3H3,(H,17,20)/t13-,14?/m0/s1. The van der Waals surface area contributed by atoms with Crippen molar-refractivity contribution in [1.82, 2.24) is 10.2 Å². The number of methoxy groups -OCH3 is 1. The average molecular weight is 296 g/mol. The number of likely N-dealkylation sites (tertiary alicyclic amines) is 1. The fraction of sp³-hybridized carbons (Fsp3) is 0.875. The van der Waals surface area contributed by atoms with Gasteiger partial charge in [0, 0.05) is 12.6 Å². The molecule has 5 nitrogen and oxygen atoms in total. The lowest BCUT2D eigenvalue weighted by atomic mass is 9.95. The van der Waals surface area contributed by atoms with Crippen LogP contribution in [0.2, 0.25) is 0 Å². The highest BCUT2D eigenvalue weighted by Crippen LogP contribution is 2.31. The summed E-state index contributed by atoms with van der Waals surface area (Å²) in [7, 11) is 1.35. The minimum Gasteiger partial charge on any atom is -0.453 e. The second-order valence-corrected chi connectivity index (χ2v) is 6.64. The molecule has 1 N–H and O–H groups in total. The van der Waals surface area contributed by atoms with Crippen LogP contribution in [0.3, 0.4) is 0 Å². The molecule has 0 aromatic heterocycles. The van der Waals surface area contributed by atoms with Gasteiger partial charge in [0.25, 0.3) is 0 Å². The van der Waals surface area contributed by atoms with E-state index in [2.05, 4.69) is 19.2 Å². The Balaban J connectivity index is 2.11. The van der Waals surface area contributed by atoms with Gasteiger partial charge >= 0.3 is 6.09 Å². The fourth-order valence-corrected chi connectivity index (χ4v) is 3.80. The third kappa shape index (κ3) is 3.69. The lowest BCUT2D eigenvalue weighted by molar-refractivity contribution is -0.136. The number of amides is 2. The largest absolute Gasteiger partial charge is 0.453 e. The van der Waals surface area contributed by atoms with E-state index in [9.17, 15) is 9.59 Å². The number of carbonyl (C=O) groups excluding carboxylic acids is 2. The maximum Gasteiger partial charge on any atom is 0.407 e. The summed E-state index contributed by atoms with van der Waals surface area (Å²) < 4.78 is 4.71. The summed E-state index contributed by atoms with van der Waals surface area (Å²) in [5.74, 6) is 0.798. The number of carbonyl (C=O) groups is 2. The molecule has 2 aliphatic rings. The highest BCUT2D eigenvalue weighted by Gasteiger charge is 2.39. The summed E-state index contributed by atoms with van der Waals surface area (Å²) in [5, 5.41) is 2.79. The molecule has 1 unspecified atom stereocenters. The predicted octanol–water partition coefficient (Wildman–Crippen LogP) is 2.55. The summed E-state index contributed by atoms with van der Waals surface area (Å²) in [6.45, 7) is 5.14. The van der Waals surface area contributed by atoms with Crippen LogP contribution in [0.5, 0.6) is 0 Å². The number of rotatable bonds is 4. The quantitative estimate of drug-likeness (QED) is 0.867. The molecular formula is C16H28N2O3. The molecule has 0 aromatic rings. The van der Waals surface area contributed by atoms with Crippen LogP contribution < -0.4 is 5.32 Å². The van der Waals surface area contributed by atoms with Crippen molar-refractivity contribution in [2.24, 2.45) is 11.8 Å². The van der Waals surface area contributed by atoms with Crippen LogP contribution in [0.4, 0.5) is 4.79 Å². The number of hydrogen-bond acceptors (Lipinski definition) is 3. The van der Waals surface area contributed by atoms with Gasteiger partial charge in [-0.15, -0.1) is 0 Å². The van der Waals surface area contributed by atoms with Gasteiger partial charge in [-0.1, -0.05) is 26.7 Å². The summed E-state index contributed by atoms with van der Waals surface area (Å²) in [6.07, 6.45) is 5.95. The second-order valence-electron chi connectivity index (χ2n) is 6.64. The molecule has 0 spiro atoms. The first kappa shape index (κ1) is 16.1. The van der Waals surface area contributed by atoms with Crippen LogP contribution in [-0.4, -0.2) is 42.6 Å². The Bertz CT molecular complexity index is 378. The number of hydrogen-bond donors (Lipinski definition) is 1. The monoisotopic (exact) mass is 296 g/mol. The third-order valence-electron chi connectivity index (χ3n) is 4.95. The Hall–Kier alpha value is -1.26. The molecule has 120 valence electrons. The van der Waals surface area contributed by atoms with E-state index in [1.54, 1.807) is 0 Å². The Morgan fingerprint density at radius 2 is 1.81 bits per heavy atom. The maximum absolute atomic E-state index is 13.0. The van der Waals surface area contributed by atoms with Gasteiger partial charge in [-0.2, -0.15) is 0 Å². The third-order valence-corrected chi connectivity index (χ3v) is 4.95. The predicted molar refractivity (Wildman–Crippen MR) is 80.9 cm³/mol. The molecule has 1 aliphatic heterocycles. The van der Waals surface area contributed by atoms with Crippen molar-refractivity contribution in [2.45, 2.75) is 64.5 Å². The number of nitrogens with zero attached hydrogens (tertiary/aromatic N) is 1. The zero-order valence-corrected chi connectivity index (χ0v) is 13.4. The molecule has 2 amide bonds. The molecule has 2 atom stereocenters. The van der Waals surface area contributed by atoms with E-state index in [1.807, 2.05) is 4.90 Å². The Labute approximate surface area is 127 Å². The van der Waals surface area contributed by atoms with E-state index in [-0.39, 0.29) is 11.8 Å². The fourth-order valence-electron chi connectivity index (χ4n) is 3.80. The van der Waals surface area contributed by atoms with Crippen LogP contribution >= 0.6 is 0 Å². The Kier molecular flexibility index (Phi) is 5.48. The highest BCUT2D eigenvalue weighted by atomic mass is 16.5. The minimum atomic E-state index is -0.499. The molecule has 1 saturated heterocycles. The van der Waals surface area contributed by atoms with Crippen LogP contribution in [-0.2, 0) is 9.53 Å². The molecule has 5 heteroatoms. The van der Waals surface area contributed by atoms with Gasteiger partial charge < -0.3 is 15.0 Å². The molecule has 0 aromatic carbocycles. The van der Waals surface area contributed by atoms with Crippen LogP contribution in [0.1, 0.15) is 52.4 Å². The normalized spacial score (nSPS) is 24.4. The molecule has 1 heterocycles. The van der Waals surface area contributed by atoms with Crippen LogP contribution in [0, 0.1) is 11.8 Å². The van der Waals surface area contributed by atoms with E-state index < -0.39 is 12.1 Å². The first-order chi connectivity index (χ1) is 10.0. The van der Waals surface area contributed by atoms with Crippen molar-refractivity contribution >= 4 is 12.0 Å². The van der Waals surface area contributed by atoms with Crippen molar-refractivity contribution in [3.05, 3.63) is 0 Å². The van der Waals surface area contributed by atoms with E-state index in [0.717, 1.165) is 45.1 Å². The van der Waals surface area contributed by atoms with Gasteiger partial charge in [-0.05, 0) is 37.5 Å². The van der Waals surface area contributed by atoms with Crippen molar-refractivity contribution in [3.8, 4) is 0 Å². The average Bonchev–Trinajstić information content (AvgIpc) is 3.13. The molecule has 1 saturated carbocycles. The molecule has 2 fully saturated rings. The smallest absolute Gasteiger partial charge is 0.407 e. The SMILES string of the molecule is COC(=O)NC(C(=O)N1CCC[C@H]1C(C)C)C1CCCC1. The van der Waals surface area contributed by atoms with Crippen molar-refractivity contribution in [3.63, 3.8) is 0 Å². The maximum atomic E-state index is 13.0. The molecule has 0 radical (unpaired) electrons. The number of ether oxygens (including phenoxy) is 1. The topological polar surface area (TPSA) is 58.6 Å². The zero-order valence-electron chi connectivity index (χ0n) is 13.4. The first-order valence-electron chi connectivity index (χ1n) is 8.19. The lowest BCUT2D eigenvalue weighted by Gasteiger charge is -2.33. The van der Waals surface area contributed by atoms with Crippen molar-refractivity contribution in [1.29, 1.82) is 0 Å². The zero-order chi connectivity index (χ0) is 15.4. The summed E-state index contributed by atoms with van der Waals surface area (Å²) >= 11 is 0. The van der Waals surface area contributed by atoms with Gasteiger partial charge in [0.15, 0.2) is 0 Å². The first-order valence-corrected chi connectivity index (χ1v) is 8.19. The summed E-state index contributed by atoms with van der Waals surface area (Å²) in [6, 6.07) is -0.111. The van der Waals surface area contributed by atoms with Gasteiger partial charge in [0.2, 0.25) is 5.91 Å². The van der Waals surface area contributed by atoms with Crippen molar-refractivity contribution < 1.29 is 14.3 Å². The van der Waals surface area contributed by atoms with Gasteiger partial charge in [-0.3, -0.25) is 4.79 Å². The molecule has 0 bridgehead atoms. The number of alkyl carbamates (subject to hydrolysis) is 1. The summed E-state index contributed by atoms with van der Waals surface area (Å²) in [4.78, 5) is 26.6. The van der Waals surface area contributed by atoms with Gasteiger partial charge in [0.1, 0.15) is 6.04 Å². The number of nitrogens with one attached hydrogen (secondary N) is 1. The molecule has 21 heavy (non-hydrogen) atoms. The van der Waals surface area contributed by atoms with Gasteiger partial charge in [0.05, 0.1) is 7.11 Å². The van der Waals surface area contributed by atoms with Crippen LogP contribution in [0.15, 0.2) is 0 Å². The van der Waals surface area contributed by atoms with E-state index in [0.29, 0.717) is 12.0 Å². The van der Waals surface area contributed by atoms with Gasteiger partial charge in [-0.25, -0.2) is 4.79 Å². The van der Waals surface area contributed by atoms with E-state index in [1.165, 1.54) is 7.11 Å². The Morgan fingerprint density at radius 1 is 1.14 bits per heavy atom. The Morgan fingerprint density at radius 3 is 2.38 bits per heavy atom. The van der Waals surface area contributed by atoms with Crippen LogP contribution in [0.25, 0.3) is 0 Å².